The average molecular weight is 652 g/mol. The quantitative estimate of drug-likeness (QED) is 0.305. The third-order valence-corrected chi connectivity index (χ3v) is 6.55. The molecule has 40 heavy (non-hydrogen) atoms. The van der Waals surface area contributed by atoms with Gasteiger partial charge in [-0.05, 0) is 69.5 Å². The third-order valence-electron chi connectivity index (χ3n) is 5.81. The van der Waals surface area contributed by atoms with Crippen molar-refractivity contribution in [1.29, 1.82) is 0 Å². The van der Waals surface area contributed by atoms with Gasteiger partial charge in [0.15, 0.2) is 0 Å². The lowest BCUT2D eigenvalue weighted by atomic mass is 10.0. The van der Waals surface area contributed by atoms with Gasteiger partial charge in [-0.25, -0.2) is 0 Å². The maximum Gasteiger partial charge on any atom is 0.245 e. The number of hydrogen-bond acceptors (Lipinski definition) is 4. The molecule has 0 saturated carbocycles. The van der Waals surface area contributed by atoms with Gasteiger partial charge in [-0.1, -0.05) is 81.9 Å². The summed E-state index contributed by atoms with van der Waals surface area (Å²) in [6, 6.07) is 0. The normalized spacial score (nSPS) is 19.7. The molecular formula is C30H56BrClN4O4. The summed E-state index contributed by atoms with van der Waals surface area (Å²) in [5.41, 5.74) is 0.113. The maximum atomic E-state index is 12.2. The number of allylic oxidation sites excluding steroid dienone is 4. The minimum absolute atomic E-state index is 0.142. The second-order valence-corrected chi connectivity index (χ2v) is 12.3. The van der Waals surface area contributed by atoms with Crippen LogP contribution in [0, 0.1) is 11.8 Å². The van der Waals surface area contributed by atoms with E-state index >= 15 is 0 Å². The van der Waals surface area contributed by atoms with Crippen LogP contribution in [-0.4, -0.2) is 60.7 Å². The van der Waals surface area contributed by atoms with E-state index in [1.165, 1.54) is 23.9 Å². The molecule has 1 unspecified atom stereocenters. The second kappa shape index (κ2) is 23.8. The zero-order chi connectivity index (χ0) is 32.1. The Hall–Kier alpha value is -1.87. The Bertz CT molecular complexity index is 834. The first-order valence-corrected chi connectivity index (χ1v) is 15.4. The van der Waals surface area contributed by atoms with Crippen molar-refractivity contribution in [2.45, 2.75) is 107 Å². The van der Waals surface area contributed by atoms with Crippen LogP contribution in [0.15, 0.2) is 21.2 Å². The van der Waals surface area contributed by atoms with E-state index in [4.69, 9.17) is 11.6 Å². The summed E-state index contributed by atoms with van der Waals surface area (Å²) in [6.07, 6.45) is 5.45. The summed E-state index contributed by atoms with van der Waals surface area (Å²) in [5.74, 6) is -0.569. The molecule has 0 spiro atoms. The molecule has 0 radical (unpaired) electrons. The van der Waals surface area contributed by atoms with Crippen LogP contribution < -0.4 is 16.0 Å². The number of rotatable bonds is 2. The van der Waals surface area contributed by atoms with Crippen molar-refractivity contribution < 1.29 is 19.2 Å². The molecule has 0 aromatic carbocycles. The van der Waals surface area contributed by atoms with E-state index in [1.54, 1.807) is 13.8 Å². The SMILES string of the molecule is C/C(Cl)=C\C(C)=C(/C)Br.CC.CC1CCCCNC(=O)C(C)(C)NC(=O)CN(C)C(=O)CNC1=O.CCC(C)C. The van der Waals surface area contributed by atoms with Crippen molar-refractivity contribution in [3.63, 3.8) is 0 Å². The molecule has 0 aromatic heterocycles. The molecule has 234 valence electrons. The number of carbonyl (C=O) groups is 4. The van der Waals surface area contributed by atoms with E-state index in [-0.39, 0.29) is 36.7 Å². The van der Waals surface area contributed by atoms with Gasteiger partial charge in [-0.15, -0.1) is 0 Å². The number of hydrogen-bond donors (Lipinski definition) is 3. The van der Waals surface area contributed by atoms with Crippen molar-refractivity contribution in [2.24, 2.45) is 11.8 Å². The molecule has 1 rings (SSSR count). The second-order valence-electron chi connectivity index (χ2n) is 10.5. The molecule has 1 saturated heterocycles. The zero-order valence-electron chi connectivity index (χ0n) is 27.0. The van der Waals surface area contributed by atoms with Gasteiger partial charge in [0.2, 0.25) is 23.6 Å². The van der Waals surface area contributed by atoms with Crippen molar-refractivity contribution in [3.05, 3.63) is 21.2 Å². The Kier molecular flexibility index (Phi) is 25.3. The van der Waals surface area contributed by atoms with Gasteiger partial charge in [0.05, 0.1) is 13.1 Å². The molecule has 1 aliphatic rings. The van der Waals surface area contributed by atoms with E-state index in [1.807, 2.05) is 47.6 Å². The standard InChI is InChI=1S/C16H28N4O4.C7H10BrCl.C5H12.C2H6/c1-11-7-5-6-8-17-15(24)16(2,3)19-12(21)10-20(4)13(22)9-18-14(11)23;1-5(7(3)8)4-6(2)9;1-4-5(2)3;1-2/h11H,5-10H2,1-4H3,(H,17,24)(H,18,23)(H,19,21);4H,1-3H3;5H,4H2,1-3H3;1-2H3/b;6-4+,7-5+;;. The monoisotopic (exact) mass is 650 g/mol. The van der Waals surface area contributed by atoms with E-state index in [9.17, 15) is 19.2 Å². The number of likely N-dealkylation sites (N-methyl/N-ethyl adjacent to an activating group) is 1. The highest BCUT2D eigenvalue weighted by molar-refractivity contribution is 9.11. The van der Waals surface area contributed by atoms with Crippen LogP contribution in [0.3, 0.4) is 0 Å². The lowest BCUT2D eigenvalue weighted by molar-refractivity contribution is -0.137. The molecular weight excluding hydrogens is 596 g/mol. The average Bonchev–Trinajstić information content (AvgIpc) is 2.86. The van der Waals surface area contributed by atoms with E-state index in [0.717, 1.165) is 28.3 Å². The third kappa shape index (κ3) is 22.9. The Labute approximate surface area is 257 Å². The molecule has 1 heterocycles. The zero-order valence-corrected chi connectivity index (χ0v) is 29.4. The highest BCUT2D eigenvalue weighted by Crippen LogP contribution is 2.14. The Balaban J connectivity index is -0.000000703. The molecule has 0 bridgehead atoms. The molecule has 1 aliphatic heterocycles. The molecule has 0 aliphatic carbocycles. The summed E-state index contributed by atoms with van der Waals surface area (Å²) < 4.78 is 1.13. The number of nitrogens with zero attached hydrogens (tertiary/aromatic N) is 1. The highest BCUT2D eigenvalue weighted by Gasteiger charge is 2.30. The number of halogens is 2. The van der Waals surface area contributed by atoms with E-state index in [0.29, 0.717) is 13.0 Å². The first kappa shape index (κ1) is 42.6. The van der Waals surface area contributed by atoms with Crippen molar-refractivity contribution in [1.82, 2.24) is 20.9 Å². The summed E-state index contributed by atoms with van der Waals surface area (Å²) in [7, 11) is 1.48. The van der Waals surface area contributed by atoms with Gasteiger partial charge >= 0.3 is 0 Å². The smallest absolute Gasteiger partial charge is 0.245 e. The summed E-state index contributed by atoms with van der Waals surface area (Å²) in [5, 5.41) is 8.82. The molecule has 10 heteroatoms. The van der Waals surface area contributed by atoms with Gasteiger partial charge in [0, 0.05) is 24.5 Å². The van der Waals surface area contributed by atoms with Crippen LogP contribution in [0.5, 0.6) is 0 Å². The summed E-state index contributed by atoms with van der Waals surface area (Å²) in [6.45, 7) is 21.7. The van der Waals surface area contributed by atoms with E-state index in [2.05, 4.69) is 52.7 Å². The largest absolute Gasteiger partial charge is 0.354 e. The van der Waals surface area contributed by atoms with Gasteiger partial charge < -0.3 is 20.9 Å². The van der Waals surface area contributed by atoms with Gasteiger partial charge in [-0.3, -0.25) is 19.2 Å². The fourth-order valence-corrected chi connectivity index (χ4v) is 3.03. The predicted molar refractivity (Wildman–Crippen MR) is 172 cm³/mol. The van der Waals surface area contributed by atoms with Gasteiger partial charge in [0.25, 0.3) is 0 Å². The van der Waals surface area contributed by atoms with Crippen LogP contribution >= 0.6 is 27.5 Å². The van der Waals surface area contributed by atoms with Gasteiger partial charge in [0.1, 0.15) is 5.54 Å². The molecule has 8 nitrogen and oxygen atoms in total. The minimum Gasteiger partial charge on any atom is -0.354 e. The molecule has 1 fully saturated rings. The van der Waals surface area contributed by atoms with Crippen LogP contribution in [-0.2, 0) is 19.2 Å². The first-order valence-electron chi connectivity index (χ1n) is 14.2. The first-order chi connectivity index (χ1) is 18.4. The molecule has 3 N–H and O–H groups in total. The minimum atomic E-state index is -1.06. The number of nitrogens with one attached hydrogen (secondary N) is 3. The van der Waals surface area contributed by atoms with E-state index < -0.39 is 11.4 Å². The van der Waals surface area contributed by atoms with Crippen molar-refractivity contribution in [2.75, 3.05) is 26.7 Å². The highest BCUT2D eigenvalue weighted by atomic mass is 79.9. The van der Waals surface area contributed by atoms with Crippen LogP contribution in [0.25, 0.3) is 0 Å². The molecule has 1 atom stereocenters. The van der Waals surface area contributed by atoms with Crippen LogP contribution in [0.2, 0.25) is 0 Å². The summed E-state index contributed by atoms with van der Waals surface area (Å²) in [4.78, 5) is 49.3. The Morgan fingerprint density at radius 2 is 1.62 bits per heavy atom. The lowest BCUT2D eigenvalue weighted by Crippen LogP contribution is -2.57. The fourth-order valence-electron chi connectivity index (χ4n) is 2.75. The van der Waals surface area contributed by atoms with Crippen LogP contribution in [0.4, 0.5) is 0 Å². The number of amides is 4. The molecule has 0 aromatic rings. The lowest BCUT2D eigenvalue weighted by Gasteiger charge is -2.27. The Morgan fingerprint density at radius 1 is 1.10 bits per heavy atom. The Morgan fingerprint density at radius 3 is 2.05 bits per heavy atom. The predicted octanol–water partition coefficient (Wildman–Crippen LogP) is 6.29. The fraction of sp³-hybridized carbons (Fsp3) is 0.733. The van der Waals surface area contributed by atoms with Crippen LogP contribution in [0.1, 0.15) is 102 Å². The van der Waals surface area contributed by atoms with Gasteiger partial charge in [-0.2, -0.15) is 0 Å². The topological polar surface area (TPSA) is 108 Å². The van der Waals surface area contributed by atoms with Crippen molar-refractivity contribution in [3.8, 4) is 0 Å². The number of carbonyl (C=O) groups excluding carboxylic acids is 4. The van der Waals surface area contributed by atoms with Crippen molar-refractivity contribution >= 4 is 51.2 Å². The molecule has 4 amide bonds. The summed E-state index contributed by atoms with van der Waals surface area (Å²) >= 11 is 8.97. The maximum absolute atomic E-state index is 12.2.